The highest BCUT2D eigenvalue weighted by Gasteiger charge is 2.38. The van der Waals surface area contributed by atoms with Crippen LogP contribution in [-0.2, 0) is 21.1 Å². The smallest absolute Gasteiger partial charge is 0.327 e. The molecule has 0 aromatic heterocycles. The summed E-state index contributed by atoms with van der Waals surface area (Å²) in [5, 5.41) is 11.7. The number of urea groups is 1. The SMILES string of the molecule is CS(=O)(=O)CCNC(=O)N1c2ccccc2CC1C(=O)O. The molecule has 0 aliphatic carbocycles. The van der Waals surface area contributed by atoms with Gasteiger partial charge in [0.25, 0.3) is 0 Å². The molecule has 2 rings (SSSR count). The van der Waals surface area contributed by atoms with E-state index in [9.17, 15) is 23.1 Å². The normalized spacial score (nSPS) is 17.4. The molecule has 1 heterocycles. The van der Waals surface area contributed by atoms with E-state index in [1.807, 2.05) is 0 Å². The summed E-state index contributed by atoms with van der Waals surface area (Å²) in [4.78, 5) is 24.6. The summed E-state index contributed by atoms with van der Waals surface area (Å²) in [5.74, 6) is -1.28. The zero-order chi connectivity index (χ0) is 15.6. The van der Waals surface area contributed by atoms with Crippen LogP contribution >= 0.6 is 0 Å². The third-order valence-electron chi connectivity index (χ3n) is 3.23. The van der Waals surface area contributed by atoms with Crippen LogP contribution in [0.2, 0.25) is 0 Å². The molecule has 8 heteroatoms. The van der Waals surface area contributed by atoms with Gasteiger partial charge in [-0.3, -0.25) is 4.90 Å². The van der Waals surface area contributed by atoms with Gasteiger partial charge in [-0.1, -0.05) is 18.2 Å². The second-order valence-electron chi connectivity index (χ2n) is 4.92. The molecule has 7 nitrogen and oxygen atoms in total. The van der Waals surface area contributed by atoms with Crippen molar-refractivity contribution in [2.75, 3.05) is 23.5 Å². The summed E-state index contributed by atoms with van der Waals surface area (Å²) in [5.41, 5.74) is 1.32. The lowest BCUT2D eigenvalue weighted by atomic mass is 10.1. The van der Waals surface area contributed by atoms with Gasteiger partial charge in [0.1, 0.15) is 15.9 Å². The van der Waals surface area contributed by atoms with Crippen molar-refractivity contribution in [2.24, 2.45) is 0 Å². The minimum Gasteiger partial charge on any atom is -0.480 e. The van der Waals surface area contributed by atoms with Crippen LogP contribution in [0.1, 0.15) is 5.56 Å². The summed E-state index contributed by atoms with van der Waals surface area (Å²) in [7, 11) is -3.18. The van der Waals surface area contributed by atoms with Crippen molar-refractivity contribution in [1.82, 2.24) is 5.32 Å². The minimum absolute atomic E-state index is 0.0529. The number of nitrogens with one attached hydrogen (secondary N) is 1. The lowest BCUT2D eigenvalue weighted by molar-refractivity contribution is -0.138. The molecule has 0 spiro atoms. The maximum Gasteiger partial charge on any atom is 0.327 e. The summed E-state index contributed by atoms with van der Waals surface area (Å²) < 4.78 is 22.1. The lowest BCUT2D eigenvalue weighted by Crippen LogP contribution is -2.48. The fourth-order valence-electron chi connectivity index (χ4n) is 2.26. The maximum absolute atomic E-state index is 12.2. The number of hydrogen-bond acceptors (Lipinski definition) is 4. The van der Waals surface area contributed by atoms with Crippen LogP contribution in [0.25, 0.3) is 0 Å². The molecule has 0 fully saturated rings. The topological polar surface area (TPSA) is 104 Å². The van der Waals surface area contributed by atoms with Crippen LogP contribution in [0.5, 0.6) is 0 Å². The Hall–Kier alpha value is -2.09. The molecule has 2 amide bonds. The van der Waals surface area contributed by atoms with Gasteiger partial charge in [0.2, 0.25) is 0 Å². The van der Waals surface area contributed by atoms with Gasteiger partial charge >= 0.3 is 12.0 Å². The Kier molecular flexibility index (Phi) is 4.17. The van der Waals surface area contributed by atoms with E-state index in [2.05, 4.69) is 5.32 Å². The number of carboxylic acid groups (broad SMARTS) is 1. The van der Waals surface area contributed by atoms with Crippen LogP contribution in [0, 0.1) is 0 Å². The van der Waals surface area contributed by atoms with Crippen LogP contribution in [-0.4, -0.2) is 50.1 Å². The number of amides is 2. The summed E-state index contributed by atoms with van der Waals surface area (Å²) in [6, 6.07) is 5.38. The zero-order valence-electron chi connectivity index (χ0n) is 11.4. The van der Waals surface area contributed by atoms with Crippen molar-refractivity contribution in [3.63, 3.8) is 0 Å². The summed E-state index contributed by atoms with van der Waals surface area (Å²) >= 11 is 0. The molecule has 1 aromatic rings. The molecule has 1 aliphatic rings. The summed E-state index contributed by atoms with van der Waals surface area (Å²) in [6.45, 7) is -0.0529. The highest BCUT2D eigenvalue weighted by atomic mass is 32.2. The fourth-order valence-corrected chi connectivity index (χ4v) is 2.74. The van der Waals surface area contributed by atoms with Crippen molar-refractivity contribution in [3.8, 4) is 0 Å². The van der Waals surface area contributed by atoms with Crippen LogP contribution in [0.4, 0.5) is 10.5 Å². The number of aliphatic carboxylic acids is 1. The molecular formula is C13H16N2O5S. The molecule has 114 valence electrons. The van der Waals surface area contributed by atoms with Gasteiger partial charge in [0, 0.05) is 24.9 Å². The first-order valence-corrected chi connectivity index (χ1v) is 8.41. The van der Waals surface area contributed by atoms with Gasteiger partial charge in [-0.2, -0.15) is 0 Å². The first-order valence-electron chi connectivity index (χ1n) is 6.35. The van der Waals surface area contributed by atoms with E-state index < -0.39 is 27.9 Å². The molecule has 1 atom stereocenters. The van der Waals surface area contributed by atoms with E-state index >= 15 is 0 Å². The number of hydrogen-bond donors (Lipinski definition) is 2. The largest absolute Gasteiger partial charge is 0.480 e. The number of para-hydroxylation sites is 1. The molecule has 21 heavy (non-hydrogen) atoms. The molecule has 0 saturated carbocycles. The van der Waals surface area contributed by atoms with Gasteiger partial charge < -0.3 is 10.4 Å². The minimum atomic E-state index is -3.18. The number of nitrogens with zero attached hydrogens (tertiary/aromatic N) is 1. The second kappa shape index (κ2) is 5.72. The van der Waals surface area contributed by atoms with Gasteiger partial charge in [-0.15, -0.1) is 0 Å². The monoisotopic (exact) mass is 312 g/mol. The Bertz CT molecular complexity index is 671. The molecule has 1 unspecified atom stereocenters. The Morgan fingerprint density at radius 2 is 2.05 bits per heavy atom. The highest BCUT2D eigenvalue weighted by molar-refractivity contribution is 7.90. The second-order valence-corrected chi connectivity index (χ2v) is 7.18. The molecule has 1 aromatic carbocycles. The average molecular weight is 312 g/mol. The third kappa shape index (κ3) is 3.52. The van der Waals surface area contributed by atoms with Gasteiger partial charge in [-0.25, -0.2) is 18.0 Å². The first kappa shape index (κ1) is 15.3. The van der Waals surface area contributed by atoms with Crippen LogP contribution in [0.3, 0.4) is 0 Å². The van der Waals surface area contributed by atoms with Crippen molar-refractivity contribution >= 4 is 27.5 Å². The molecular weight excluding hydrogens is 296 g/mol. The zero-order valence-corrected chi connectivity index (χ0v) is 12.3. The van der Waals surface area contributed by atoms with Crippen molar-refractivity contribution in [3.05, 3.63) is 29.8 Å². The molecule has 0 bridgehead atoms. The Labute approximate surface area is 122 Å². The third-order valence-corrected chi connectivity index (χ3v) is 4.17. The van der Waals surface area contributed by atoms with Gasteiger partial charge in [0.05, 0.1) is 5.75 Å². The first-order chi connectivity index (χ1) is 9.79. The van der Waals surface area contributed by atoms with E-state index in [0.717, 1.165) is 11.8 Å². The van der Waals surface area contributed by atoms with E-state index in [4.69, 9.17) is 0 Å². The van der Waals surface area contributed by atoms with E-state index in [1.165, 1.54) is 4.90 Å². The van der Waals surface area contributed by atoms with Gasteiger partial charge in [0.15, 0.2) is 0 Å². The summed E-state index contributed by atoms with van der Waals surface area (Å²) in [6.07, 6.45) is 1.31. The quantitative estimate of drug-likeness (QED) is 0.830. The predicted molar refractivity (Wildman–Crippen MR) is 77.2 cm³/mol. The number of benzene rings is 1. The fraction of sp³-hybridized carbons (Fsp3) is 0.385. The van der Waals surface area contributed by atoms with Gasteiger partial charge in [-0.05, 0) is 11.6 Å². The van der Waals surface area contributed by atoms with Crippen LogP contribution < -0.4 is 10.2 Å². The number of rotatable bonds is 4. The van der Waals surface area contributed by atoms with Crippen LogP contribution in [0.15, 0.2) is 24.3 Å². The maximum atomic E-state index is 12.2. The number of carbonyl (C=O) groups excluding carboxylic acids is 1. The van der Waals surface area contributed by atoms with Crippen molar-refractivity contribution < 1.29 is 23.1 Å². The number of anilines is 1. The molecule has 0 radical (unpaired) electrons. The standard InChI is InChI=1S/C13H16N2O5S/c1-21(19,20)7-6-14-13(18)15-10-5-3-2-4-9(10)8-11(15)12(16)17/h2-5,11H,6-8H2,1H3,(H,14,18)(H,16,17). The highest BCUT2D eigenvalue weighted by Crippen LogP contribution is 2.32. The molecule has 2 N–H and O–H groups in total. The van der Waals surface area contributed by atoms with Crippen molar-refractivity contribution in [1.29, 1.82) is 0 Å². The molecule has 1 aliphatic heterocycles. The lowest BCUT2D eigenvalue weighted by Gasteiger charge is -2.22. The number of fused-ring (bicyclic) bond motifs is 1. The Morgan fingerprint density at radius 3 is 2.67 bits per heavy atom. The van der Waals surface area contributed by atoms with E-state index in [0.29, 0.717) is 5.69 Å². The number of carboxylic acids is 1. The number of sulfone groups is 1. The van der Waals surface area contributed by atoms with E-state index in [-0.39, 0.29) is 18.7 Å². The Morgan fingerprint density at radius 1 is 1.38 bits per heavy atom. The average Bonchev–Trinajstić information content (AvgIpc) is 2.76. The molecule has 0 saturated heterocycles. The van der Waals surface area contributed by atoms with E-state index in [1.54, 1.807) is 24.3 Å². The number of carbonyl (C=O) groups is 2. The Balaban J connectivity index is 2.15. The van der Waals surface area contributed by atoms with Crippen molar-refractivity contribution in [2.45, 2.75) is 12.5 Å². The predicted octanol–water partition coefficient (Wildman–Crippen LogP) is 0.256.